The van der Waals surface area contributed by atoms with Gasteiger partial charge < -0.3 is 5.11 Å². The molecule has 0 fully saturated rings. The Bertz CT molecular complexity index is 906. The minimum Gasteiger partial charge on any atom is -0.504 e. The van der Waals surface area contributed by atoms with Gasteiger partial charge >= 0.3 is 0 Å². The quantitative estimate of drug-likeness (QED) is 0.713. The number of sulfonamides is 1. The largest absolute Gasteiger partial charge is 0.504 e. The van der Waals surface area contributed by atoms with Crippen LogP contribution in [0, 0.1) is 0 Å². The van der Waals surface area contributed by atoms with Gasteiger partial charge in [0.25, 0.3) is 10.0 Å². The number of para-hydroxylation sites is 1. The molecule has 0 bridgehead atoms. The Labute approximate surface area is 129 Å². The van der Waals surface area contributed by atoms with Gasteiger partial charge in [-0.1, -0.05) is 23.7 Å². The summed E-state index contributed by atoms with van der Waals surface area (Å²) in [4.78, 5) is -0.00637. The summed E-state index contributed by atoms with van der Waals surface area (Å²) in [6.07, 6.45) is 0. The molecule has 108 valence electrons. The molecule has 0 saturated heterocycles. The zero-order valence-corrected chi connectivity index (χ0v) is 12.7. The Morgan fingerprint density at radius 2 is 1.90 bits per heavy atom. The van der Waals surface area contributed by atoms with Crippen LogP contribution in [-0.4, -0.2) is 13.5 Å². The topological polar surface area (TPSA) is 91.1 Å². The molecule has 2 aromatic carbocycles. The standard InChI is InChI=1S/C12H8ClN3O3S2/c13-7-3-1-5-9(12(7)17)16-21(18,19)10-6-2-4-8-11(10)15-20-14-8/h1-6,16-17H. The third-order valence-corrected chi connectivity index (χ3v) is 5.01. The summed E-state index contributed by atoms with van der Waals surface area (Å²) >= 11 is 6.69. The number of phenolic OH excluding ortho intramolecular Hbond substituents is 1. The van der Waals surface area contributed by atoms with Gasteiger partial charge in [-0.3, -0.25) is 4.72 Å². The predicted molar refractivity (Wildman–Crippen MR) is 81.9 cm³/mol. The third-order valence-electron chi connectivity index (χ3n) is 2.77. The van der Waals surface area contributed by atoms with Gasteiger partial charge in [-0.05, 0) is 24.3 Å². The number of fused-ring (bicyclic) bond motifs is 1. The number of hydrogen-bond donors (Lipinski definition) is 2. The Balaban J connectivity index is 2.05. The summed E-state index contributed by atoms with van der Waals surface area (Å²) in [6, 6.07) is 9.08. The number of rotatable bonds is 3. The fourth-order valence-electron chi connectivity index (χ4n) is 1.80. The first-order valence-electron chi connectivity index (χ1n) is 5.70. The molecule has 2 aromatic rings. The van der Waals surface area contributed by atoms with Crippen LogP contribution < -0.4 is 4.72 Å². The molecule has 0 aliphatic carbocycles. The van der Waals surface area contributed by atoms with E-state index in [9.17, 15) is 13.5 Å². The van der Waals surface area contributed by atoms with E-state index in [1.165, 1.54) is 24.3 Å². The van der Waals surface area contributed by atoms with Crippen LogP contribution in [0.5, 0.6) is 5.75 Å². The van der Waals surface area contributed by atoms with Crippen LogP contribution in [0.25, 0.3) is 0 Å². The fraction of sp³-hybridized carbons (Fsp3) is 0. The van der Waals surface area contributed by atoms with E-state index in [2.05, 4.69) is 13.4 Å². The maximum Gasteiger partial charge on any atom is 0.264 e. The minimum atomic E-state index is -3.91. The van der Waals surface area contributed by atoms with Crippen LogP contribution >= 0.6 is 11.6 Å². The van der Waals surface area contributed by atoms with Crippen molar-refractivity contribution in [2.45, 2.75) is 4.90 Å². The van der Waals surface area contributed by atoms with E-state index >= 15 is 0 Å². The molecular formula is C12H8ClN3O3S2. The molecule has 9 heteroatoms. The lowest BCUT2D eigenvalue weighted by Crippen LogP contribution is -2.13. The van der Waals surface area contributed by atoms with Crippen LogP contribution in [0.15, 0.2) is 50.0 Å². The van der Waals surface area contributed by atoms with Crippen molar-refractivity contribution in [1.29, 1.82) is 0 Å². The zero-order valence-electron chi connectivity index (χ0n) is 10.3. The lowest BCUT2D eigenvalue weighted by atomic mass is 10.3. The highest BCUT2D eigenvalue weighted by Gasteiger charge is 2.23. The lowest BCUT2D eigenvalue weighted by molar-refractivity contribution is 0.478. The van der Waals surface area contributed by atoms with Crippen molar-refractivity contribution in [1.82, 2.24) is 0 Å². The Kier molecular flexibility index (Phi) is 3.44. The van der Waals surface area contributed by atoms with Crippen molar-refractivity contribution in [3.8, 4) is 5.75 Å². The van der Waals surface area contributed by atoms with E-state index in [1.807, 2.05) is 0 Å². The van der Waals surface area contributed by atoms with Crippen molar-refractivity contribution in [2.75, 3.05) is 4.72 Å². The van der Waals surface area contributed by atoms with Crippen LogP contribution in [-0.2, 0) is 21.4 Å². The highest BCUT2D eigenvalue weighted by Crippen LogP contribution is 2.39. The van der Waals surface area contributed by atoms with Gasteiger partial charge in [-0.25, -0.2) is 8.42 Å². The number of phenols is 1. The smallest absolute Gasteiger partial charge is 0.264 e. The van der Waals surface area contributed by atoms with Gasteiger partial charge in [0, 0.05) is 0 Å². The highest BCUT2D eigenvalue weighted by molar-refractivity contribution is 7.93. The normalized spacial score (nSPS) is 12.8. The Morgan fingerprint density at radius 1 is 1.14 bits per heavy atom. The number of hydrogen-bond acceptors (Lipinski definition) is 5. The number of nitrogens with one attached hydrogen (secondary N) is 1. The molecule has 1 aliphatic heterocycles. The maximum atomic E-state index is 12.4. The van der Waals surface area contributed by atoms with E-state index in [0.717, 1.165) is 11.4 Å². The lowest BCUT2D eigenvalue weighted by Gasteiger charge is -2.11. The Hall–Kier alpha value is -1.90. The van der Waals surface area contributed by atoms with Crippen LogP contribution in [0.1, 0.15) is 0 Å². The second-order valence-corrected chi connectivity index (χ2v) is 6.72. The predicted octanol–water partition coefficient (Wildman–Crippen LogP) is 3.57. The molecule has 21 heavy (non-hydrogen) atoms. The molecule has 0 radical (unpaired) electrons. The van der Waals surface area contributed by atoms with Crippen molar-refractivity contribution >= 4 is 50.0 Å². The van der Waals surface area contributed by atoms with Gasteiger partial charge in [0.2, 0.25) is 0 Å². The Morgan fingerprint density at radius 3 is 2.71 bits per heavy atom. The molecule has 1 aliphatic rings. The zero-order chi connectivity index (χ0) is 15.0. The molecule has 3 rings (SSSR count). The summed E-state index contributed by atoms with van der Waals surface area (Å²) < 4.78 is 35.2. The highest BCUT2D eigenvalue weighted by atomic mass is 35.5. The van der Waals surface area contributed by atoms with Crippen molar-refractivity contribution in [3.05, 3.63) is 41.4 Å². The average Bonchev–Trinajstić information content (AvgIpc) is 2.91. The summed E-state index contributed by atoms with van der Waals surface area (Å²) in [7, 11) is -3.91. The first kappa shape index (κ1) is 14.1. The van der Waals surface area contributed by atoms with Crippen LogP contribution in [0.3, 0.4) is 0 Å². The van der Waals surface area contributed by atoms with Gasteiger partial charge in [-0.15, -0.1) is 0 Å². The van der Waals surface area contributed by atoms with Gasteiger partial charge in [0.1, 0.15) is 16.3 Å². The monoisotopic (exact) mass is 341 g/mol. The molecule has 0 amide bonds. The average molecular weight is 342 g/mol. The molecule has 0 unspecified atom stereocenters. The van der Waals surface area contributed by atoms with E-state index in [0.29, 0.717) is 5.69 Å². The van der Waals surface area contributed by atoms with Crippen molar-refractivity contribution in [2.24, 2.45) is 8.73 Å². The first-order chi connectivity index (χ1) is 9.99. The van der Waals surface area contributed by atoms with E-state index < -0.39 is 10.0 Å². The van der Waals surface area contributed by atoms with E-state index in [1.54, 1.807) is 12.1 Å². The van der Waals surface area contributed by atoms with Gasteiger partial charge in [0.15, 0.2) is 5.75 Å². The molecule has 2 N–H and O–H groups in total. The summed E-state index contributed by atoms with van der Waals surface area (Å²) in [5.41, 5.74) is 0.789. The van der Waals surface area contributed by atoms with Crippen LogP contribution in [0.4, 0.5) is 17.1 Å². The number of nitrogens with zero attached hydrogens (tertiary/aromatic N) is 2. The third kappa shape index (κ3) is 2.53. The molecule has 0 atom stereocenters. The summed E-state index contributed by atoms with van der Waals surface area (Å²) in [6.45, 7) is 0. The molecule has 1 heterocycles. The second-order valence-electron chi connectivity index (χ2n) is 4.13. The summed E-state index contributed by atoms with van der Waals surface area (Å²) in [5.74, 6) is -0.327. The first-order valence-corrected chi connectivity index (χ1v) is 8.30. The number of halogens is 1. The molecule has 6 nitrogen and oxygen atoms in total. The molecule has 0 saturated carbocycles. The maximum absolute atomic E-state index is 12.4. The molecular weight excluding hydrogens is 334 g/mol. The van der Waals surface area contributed by atoms with Crippen molar-refractivity contribution < 1.29 is 13.5 Å². The fourth-order valence-corrected chi connectivity index (χ4v) is 3.80. The summed E-state index contributed by atoms with van der Waals surface area (Å²) in [5, 5.41) is 9.86. The minimum absolute atomic E-state index is 0.00249. The van der Waals surface area contributed by atoms with Gasteiger partial charge in [-0.2, -0.15) is 8.73 Å². The number of benzene rings is 2. The number of aromatic hydroxyl groups is 1. The molecule has 0 aromatic heterocycles. The SMILES string of the molecule is O=S(=O)(Nc1cccc(Cl)c1O)c1cccc2c1N=S=N2. The number of anilines is 1. The van der Waals surface area contributed by atoms with E-state index in [4.69, 9.17) is 11.6 Å². The van der Waals surface area contributed by atoms with E-state index in [-0.39, 0.29) is 27.0 Å². The van der Waals surface area contributed by atoms with Crippen LogP contribution in [0.2, 0.25) is 5.02 Å². The van der Waals surface area contributed by atoms with Gasteiger partial charge in [0.05, 0.1) is 22.1 Å². The molecule has 0 spiro atoms. The second kappa shape index (κ2) is 5.14. The van der Waals surface area contributed by atoms with Crippen molar-refractivity contribution in [3.63, 3.8) is 0 Å².